The van der Waals surface area contributed by atoms with Crippen LogP contribution in [-0.4, -0.2) is 119 Å². The van der Waals surface area contributed by atoms with Crippen LogP contribution in [0.2, 0.25) is 0 Å². The highest BCUT2D eigenvalue weighted by Gasteiger charge is 2.13. The van der Waals surface area contributed by atoms with E-state index in [-0.39, 0.29) is 6.29 Å². The minimum atomic E-state index is -0.0610. The highest BCUT2D eigenvalue weighted by molar-refractivity contribution is 5.27. The zero-order valence-electron chi connectivity index (χ0n) is 28.8. The number of aryl methyl sites for hydroxylation is 1. The second-order valence-electron chi connectivity index (χ2n) is 11.3. The summed E-state index contributed by atoms with van der Waals surface area (Å²) in [6, 6.07) is 8.46. The SMILES string of the molecule is CCCCCCCCCc1ccc(OCCOCCOCCOCCOCCOCCOCCOCCOC2CCCCO2)cc1. The maximum atomic E-state index is 5.78. The molecule has 1 saturated heterocycles. The fourth-order valence-electron chi connectivity index (χ4n) is 4.76. The molecular formula is C36H64O10. The van der Waals surface area contributed by atoms with Crippen molar-refractivity contribution in [3.63, 3.8) is 0 Å². The Morgan fingerprint density at radius 3 is 1.46 bits per heavy atom. The number of unbranched alkanes of at least 4 members (excludes halogenated alkanes) is 6. The molecule has 1 aromatic carbocycles. The lowest BCUT2D eigenvalue weighted by Gasteiger charge is -2.22. The summed E-state index contributed by atoms with van der Waals surface area (Å²) in [6.45, 7) is 11.6. The molecule has 0 aromatic heterocycles. The standard InChI is InChI=1S/C36H64O10/c1-2-3-4-5-6-7-8-11-34-13-15-35(16-14-34)44-32-30-42-28-26-40-24-22-38-20-18-37-19-21-39-23-25-41-27-29-43-31-33-46-36-12-9-10-17-45-36/h13-16,36H,2-12,17-33H2,1H3. The summed E-state index contributed by atoms with van der Waals surface area (Å²) >= 11 is 0. The van der Waals surface area contributed by atoms with E-state index in [4.69, 9.17) is 47.4 Å². The first kappa shape index (κ1) is 40.8. The van der Waals surface area contributed by atoms with Crippen LogP contribution in [0.15, 0.2) is 24.3 Å². The topological polar surface area (TPSA) is 92.3 Å². The minimum absolute atomic E-state index is 0.0610. The molecule has 1 atom stereocenters. The lowest BCUT2D eigenvalue weighted by Crippen LogP contribution is -2.24. The van der Waals surface area contributed by atoms with E-state index in [1.54, 1.807) is 0 Å². The molecule has 268 valence electrons. The van der Waals surface area contributed by atoms with Crippen LogP contribution in [0.25, 0.3) is 0 Å². The van der Waals surface area contributed by atoms with Crippen molar-refractivity contribution >= 4 is 0 Å². The van der Waals surface area contributed by atoms with Crippen LogP contribution in [0.1, 0.15) is 76.7 Å². The van der Waals surface area contributed by atoms with Gasteiger partial charge in [0.15, 0.2) is 6.29 Å². The molecule has 1 fully saturated rings. The molecule has 0 saturated carbocycles. The van der Waals surface area contributed by atoms with E-state index >= 15 is 0 Å². The van der Waals surface area contributed by atoms with E-state index in [0.717, 1.165) is 31.6 Å². The Hall–Kier alpha value is -1.34. The first-order valence-electron chi connectivity index (χ1n) is 17.9. The molecule has 0 N–H and O–H groups in total. The molecule has 46 heavy (non-hydrogen) atoms. The summed E-state index contributed by atoms with van der Waals surface area (Å²) in [5, 5.41) is 0. The van der Waals surface area contributed by atoms with Gasteiger partial charge in [0.05, 0.1) is 99.1 Å². The fourth-order valence-corrected chi connectivity index (χ4v) is 4.76. The summed E-state index contributed by atoms with van der Waals surface area (Å²) in [4.78, 5) is 0. The van der Waals surface area contributed by atoms with Gasteiger partial charge in [-0.05, 0) is 49.8 Å². The van der Waals surface area contributed by atoms with Crippen molar-refractivity contribution < 1.29 is 47.4 Å². The molecule has 0 spiro atoms. The molecular weight excluding hydrogens is 592 g/mol. The Balaban J connectivity index is 1.20. The molecule has 10 heteroatoms. The zero-order valence-corrected chi connectivity index (χ0v) is 28.8. The Labute approximate surface area is 279 Å². The van der Waals surface area contributed by atoms with Crippen molar-refractivity contribution in [3.05, 3.63) is 29.8 Å². The fraction of sp³-hybridized carbons (Fsp3) is 0.833. The van der Waals surface area contributed by atoms with Crippen LogP contribution < -0.4 is 4.74 Å². The molecule has 0 amide bonds. The highest BCUT2D eigenvalue weighted by atomic mass is 16.7. The molecule has 0 radical (unpaired) electrons. The zero-order chi connectivity index (χ0) is 32.4. The third-order valence-corrected chi connectivity index (χ3v) is 7.39. The second kappa shape index (κ2) is 32.2. The van der Waals surface area contributed by atoms with Gasteiger partial charge in [-0.2, -0.15) is 0 Å². The van der Waals surface area contributed by atoms with Gasteiger partial charge in [-0.3, -0.25) is 0 Å². The van der Waals surface area contributed by atoms with E-state index in [2.05, 4.69) is 31.2 Å². The highest BCUT2D eigenvalue weighted by Crippen LogP contribution is 2.15. The number of hydrogen-bond acceptors (Lipinski definition) is 10. The van der Waals surface area contributed by atoms with Gasteiger partial charge in [0, 0.05) is 6.61 Å². The van der Waals surface area contributed by atoms with E-state index in [1.165, 1.54) is 56.9 Å². The molecule has 1 heterocycles. The van der Waals surface area contributed by atoms with Gasteiger partial charge < -0.3 is 47.4 Å². The molecule has 1 aromatic rings. The van der Waals surface area contributed by atoms with Crippen LogP contribution in [0.4, 0.5) is 0 Å². The van der Waals surface area contributed by atoms with Crippen molar-refractivity contribution in [2.24, 2.45) is 0 Å². The first-order chi connectivity index (χ1) is 22.9. The quantitative estimate of drug-likeness (QED) is 0.0821. The van der Waals surface area contributed by atoms with Crippen LogP contribution in [0.5, 0.6) is 5.75 Å². The maximum absolute atomic E-state index is 5.78. The Morgan fingerprint density at radius 1 is 0.522 bits per heavy atom. The number of ether oxygens (including phenoxy) is 10. The average Bonchev–Trinajstić information content (AvgIpc) is 3.09. The van der Waals surface area contributed by atoms with Crippen molar-refractivity contribution in [1.29, 1.82) is 0 Å². The van der Waals surface area contributed by atoms with E-state index in [1.807, 2.05) is 0 Å². The first-order valence-corrected chi connectivity index (χ1v) is 17.9. The second-order valence-corrected chi connectivity index (χ2v) is 11.3. The number of hydrogen-bond donors (Lipinski definition) is 0. The maximum Gasteiger partial charge on any atom is 0.157 e. The van der Waals surface area contributed by atoms with E-state index in [9.17, 15) is 0 Å². The summed E-state index contributed by atoms with van der Waals surface area (Å²) in [6.07, 6.45) is 13.8. The molecule has 1 unspecified atom stereocenters. The number of rotatable bonds is 34. The summed E-state index contributed by atoms with van der Waals surface area (Å²) in [5.74, 6) is 0.891. The molecule has 2 rings (SSSR count). The van der Waals surface area contributed by atoms with Crippen molar-refractivity contribution in [2.75, 3.05) is 112 Å². The molecule has 1 aliphatic heterocycles. The third-order valence-electron chi connectivity index (χ3n) is 7.39. The normalized spacial score (nSPS) is 15.0. The molecule has 10 nitrogen and oxygen atoms in total. The van der Waals surface area contributed by atoms with Crippen LogP contribution in [-0.2, 0) is 49.1 Å². The number of benzene rings is 1. The van der Waals surface area contributed by atoms with E-state index < -0.39 is 0 Å². The van der Waals surface area contributed by atoms with E-state index in [0.29, 0.717) is 106 Å². The lowest BCUT2D eigenvalue weighted by atomic mass is 10.0. The van der Waals surface area contributed by atoms with Gasteiger partial charge >= 0.3 is 0 Å². The minimum Gasteiger partial charge on any atom is -0.491 e. The van der Waals surface area contributed by atoms with Crippen LogP contribution in [0, 0.1) is 0 Å². The predicted octanol–water partition coefficient (Wildman–Crippen LogP) is 6.02. The van der Waals surface area contributed by atoms with Gasteiger partial charge in [-0.15, -0.1) is 0 Å². The van der Waals surface area contributed by atoms with Gasteiger partial charge in [0.25, 0.3) is 0 Å². The van der Waals surface area contributed by atoms with Gasteiger partial charge in [0.2, 0.25) is 0 Å². The Kier molecular flexibility index (Phi) is 28.6. The Bertz CT molecular complexity index is 745. The Morgan fingerprint density at radius 2 is 0.978 bits per heavy atom. The monoisotopic (exact) mass is 656 g/mol. The van der Waals surface area contributed by atoms with Gasteiger partial charge in [-0.1, -0.05) is 57.6 Å². The molecule has 0 bridgehead atoms. The third kappa shape index (κ3) is 25.7. The largest absolute Gasteiger partial charge is 0.491 e. The smallest absolute Gasteiger partial charge is 0.157 e. The van der Waals surface area contributed by atoms with Crippen molar-refractivity contribution in [1.82, 2.24) is 0 Å². The van der Waals surface area contributed by atoms with Gasteiger partial charge in [0.1, 0.15) is 12.4 Å². The van der Waals surface area contributed by atoms with Crippen molar-refractivity contribution in [3.8, 4) is 5.75 Å². The summed E-state index contributed by atoms with van der Waals surface area (Å²) in [5.41, 5.74) is 1.38. The average molecular weight is 657 g/mol. The lowest BCUT2D eigenvalue weighted by molar-refractivity contribution is -0.169. The summed E-state index contributed by atoms with van der Waals surface area (Å²) < 4.78 is 55.6. The summed E-state index contributed by atoms with van der Waals surface area (Å²) in [7, 11) is 0. The van der Waals surface area contributed by atoms with Gasteiger partial charge in [-0.25, -0.2) is 0 Å². The predicted molar refractivity (Wildman–Crippen MR) is 179 cm³/mol. The molecule has 0 aliphatic carbocycles. The van der Waals surface area contributed by atoms with Crippen molar-refractivity contribution in [2.45, 2.75) is 83.8 Å². The van der Waals surface area contributed by atoms with Crippen LogP contribution >= 0.6 is 0 Å². The van der Waals surface area contributed by atoms with Crippen LogP contribution in [0.3, 0.4) is 0 Å². The molecule has 1 aliphatic rings.